The lowest BCUT2D eigenvalue weighted by Crippen LogP contribution is -2.04. The van der Waals surface area contributed by atoms with Gasteiger partial charge in [-0.3, -0.25) is 4.79 Å². The monoisotopic (exact) mass is 319 g/mol. The van der Waals surface area contributed by atoms with Crippen molar-refractivity contribution >= 4 is 40.0 Å². The third kappa shape index (κ3) is 2.25. The third-order valence-corrected chi connectivity index (χ3v) is 2.99. The van der Waals surface area contributed by atoms with E-state index in [9.17, 15) is 4.79 Å². The molecule has 0 N–H and O–H groups in total. The highest BCUT2D eigenvalue weighted by atomic mass is 127. The van der Waals surface area contributed by atoms with Crippen molar-refractivity contribution in [3.63, 3.8) is 0 Å². The van der Waals surface area contributed by atoms with E-state index in [-0.39, 0.29) is 11.7 Å². The SMILES string of the molecule is Cc1cc(C#N)c(I)cc1C(=O)CCl. The highest BCUT2D eigenvalue weighted by Gasteiger charge is 2.10. The van der Waals surface area contributed by atoms with Gasteiger partial charge in [-0.1, -0.05) is 0 Å². The fraction of sp³-hybridized carbons (Fsp3) is 0.200. The second-order valence-electron chi connectivity index (χ2n) is 2.82. The number of Topliss-reactive ketones (excluding diaryl/α,β-unsaturated/α-hetero) is 1. The summed E-state index contributed by atoms with van der Waals surface area (Å²) in [6, 6.07) is 5.49. The van der Waals surface area contributed by atoms with Gasteiger partial charge in [-0.05, 0) is 47.2 Å². The molecule has 0 radical (unpaired) electrons. The Bertz CT molecular complexity index is 423. The molecule has 1 rings (SSSR count). The normalized spacial score (nSPS) is 9.57. The highest BCUT2D eigenvalue weighted by molar-refractivity contribution is 14.1. The summed E-state index contributed by atoms with van der Waals surface area (Å²) in [4.78, 5) is 11.4. The minimum absolute atomic E-state index is 0.0250. The molecule has 1 aromatic carbocycles. The van der Waals surface area contributed by atoms with E-state index in [1.807, 2.05) is 22.6 Å². The molecular formula is C10H7ClINO. The van der Waals surface area contributed by atoms with Crippen LogP contribution in [0.4, 0.5) is 0 Å². The standard InChI is InChI=1S/C10H7ClINO/c1-6-2-7(5-13)9(12)3-8(6)10(14)4-11/h2-3H,4H2,1H3. The van der Waals surface area contributed by atoms with Gasteiger partial charge in [-0.25, -0.2) is 0 Å². The number of rotatable bonds is 2. The maximum atomic E-state index is 11.4. The molecule has 0 fully saturated rings. The third-order valence-electron chi connectivity index (χ3n) is 1.86. The summed E-state index contributed by atoms with van der Waals surface area (Å²) >= 11 is 7.50. The van der Waals surface area contributed by atoms with Crippen LogP contribution < -0.4 is 0 Å². The van der Waals surface area contributed by atoms with Crippen LogP contribution in [0.5, 0.6) is 0 Å². The van der Waals surface area contributed by atoms with E-state index in [2.05, 4.69) is 6.07 Å². The van der Waals surface area contributed by atoms with Crippen LogP contribution in [0.1, 0.15) is 21.5 Å². The lowest BCUT2D eigenvalue weighted by Gasteiger charge is -2.04. The molecule has 0 aliphatic carbocycles. The number of hydrogen-bond donors (Lipinski definition) is 0. The number of carbonyl (C=O) groups is 1. The van der Waals surface area contributed by atoms with Gasteiger partial charge in [-0.2, -0.15) is 5.26 Å². The highest BCUT2D eigenvalue weighted by Crippen LogP contribution is 2.18. The van der Waals surface area contributed by atoms with Crippen molar-refractivity contribution in [1.82, 2.24) is 0 Å². The Labute approximate surface area is 101 Å². The molecule has 0 saturated carbocycles. The summed E-state index contributed by atoms with van der Waals surface area (Å²) in [5, 5.41) is 8.76. The number of ketones is 1. The zero-order chi connectivity index (χ0) is 10.7. The predicted octanol–water partition coefficient (Wildman–Crippen LogP) is 2.89. The van der Waals surface area contributed by atoms with Crippen LogP contribution in [0, 0.1) is 21.8 Å². The second-order valence-corrected chi connectivity index (χ2v) is 4.25. The van der Waals surface area contributed by atoms with Gasteiger partial charge < -0.3 is 0 Å². The number of alkyl halides is 1. The molecule has 2 nitrogen and oxygen atoms in total. The number of halogens is 2. The topological polar surface area (TPSA) is 40.9 Å². The predicted molar refractivity (Wildman–Crippen MR) is 63.7 cm³/mol. The maximum Gasteiger partial charge on any atom is 0.177 e. The molecule has 14 heavy (non-hydrogen) atoms. The Morgan fingerprint density at radius 1 is 1.64 bits per heavy atom. The molecule has 0 aromatic heterocycles. The molecule has 0 unspecified atom stereocenters. The van der Waals surface area contributed by atoms with Gasteiger partial charge in [0.25, 0.3) is 0 Å². The van der Waals surface area contributed by atoms with Crippen LogP contribution >= 0.6 is 34.2 Å². The van der Waals surface area contributed by atoms with E-state index in [1.165, 1.54) is 0 Å². The van der Waals surface area contributed by atoms with Gasteiger partial charge in [0.15, 0.2) is 5.78 Å². The lowest BCUT2D eigenvalue weighted by molar-refractivity contribution is 0.102. The van der Waals surface area contributed by atoms with Crippen molar-refractivity contribution in [2.75, 3.05) is 5.88 Å². The molecular weight excluding hydrogens is 312 g/mol. The van der Waals surface area contributed by atoms with E-state index in [0.717, 1.165) is 9.13 Å². The molecule has 0 bridgehead atoms. The quantitative estimate of drug-likeness (QED) is 0.478. The minimum Gasteiger partial charge on any atom is -0.293 e. The molecule has 0 atom stereocenters. The van der Waals surface area contributed by atoms with E-state index in [1.54, 1.807) is 19.1 Å². The van der Waals surface area contributed by atoms with Crippen LogP contribution in [0.3, 0.4) is 0 Å². The van der Waals surface area contributed by atoms with Gasteiger partial charge in [0, 0.05) is 9.13 Å². The largest absolute Gasteiger partial charge is 0.293 e. The summed E-state index contributed by atoms with van der Waals surface area (Å²) in [5.41, 5.74) is 1.99. The van der Waals surface area contributed by atoms with Crippen molar-refractivity contribution in [1.29, 1.82) is 5.26 Å². The molecule has 4 heteroatoms. The number of nitrogens with zero attached hydrogens (tertiary/aromatic N) is 1. The Kier molecular flexibility index (Phi) is 3.90. The van der Waals surface area contributed by atoms with E-state index >= 15 is 0 Å². The van der Waals surface area contributed by atoms with Crippen molar-refractivity contribution in [2.24, 2.45) is 0 Å². The van der Waals surface area contributed by atoms with Gasteiger partial charge in [-0.15, -0.1) is 11.6 Å². The molecule has 0 saturated heterocycles. The van der Waals surface area contributed by atoms with Crippen molar-refractivity contribution in [3.8, 4) is 6.07 Å². The number of carbonyl (C=O) groups excluding carboxylic acids is 1. The van der Waals surface area contributed by atoms with Crippen LogP contribution in [-0.4, -0.2) is 11.7 Å². The lowest BCUT2D eigenvalue weighted by atomic mass is 10.0. The Hall–Kier alpha value is -0.600. The van der Waals surface area contributed by atoms with Crippen molar-refractivity contribution < 1.29 is 4.79 Å². The first-order valence-electron chi connectivity index (χ1n) is 3.89. The van der Waals surface area contributed by atoms with E-state index in [4.69, 9.17) is 16.9 Å². The Balaban J connectivity index is 3.30. The molecule has 72 valence electrons. The molecule has 0 spiro atoms. The molecule has 0 aliphatic rings. The molecule has 0 aliphatic heterocycles. The first kappa shape index (κ1) is 11.5. The van der Waals surface area contributed by atoms with Gasteiger partial charge in [0.05, 0.1) is 11.4 Å². The zero-order valence-corrected chi connectivity index (χ0v) is 10.4. The summed E-state index contributed by atoms with van der Waals surface area (Å²) in [7, 11) is 0. The second kappa shape index (κ2) is 4.76. The Morgan fingerprint density at radius 3 is 2.79 bits per heavy atom. The maximum absolute atomic E-state index is 11.4. The first-order chi connectivity index (χ1) is 6.60. The summed E-state index contributed by atoms with van der Waals surface area (Å²) in [6.07, 6.45) is 0. The molecule has 0 heterocycles. The van der Waals surface area contributed by atoms with Gasteiger partial charge in [0.1, 0.15) is 6.07 Å². The summed E-state index contributed by atoms with van der Waals surface area (Å²) in [6.45, 7) is 1.80. The van der Waals surface area contributed by atoms with Crippen LogP contribution in [0.2, 0.25) is 0 Å². The van der Waals surface area contributed by atoms with E-state index < -0.39 is 0 Å². The minimum atomic E-state index is -0.105. The van der Waals surface area contributed by atoms with Crippen molar-refractivity contribution in [2.45, 2.75) is 6.92 Å². The number of hydrogen-bond acceptors (Lipinski definition) is 2. The summed E-state index contributed by atoms with van der Waals surface area (Å²) in [5.74, 6) is -0.130. The van der Waals surface area contributed by atoms with Crippen LogP contribution in [-0.2, 0) is 0 Å². The number of nitriles is 1. The fourth-order valence-corrected chi connectivity index (χ4v) is 1.87. The average Bonchev–Trinajstić information content (AvgIpc) is 2.19. The van der Waals surface area contributed by atoms with Crippen LogP contribution in [0.25, 0.3) is 0 Å². The number of aryl methyl sites for hydroxylation is 1. The smallest absolute Gasteiger partial charge is 0.177 e. The summed E-state index contributed by atoms with van der Waals surface area (Å²) < 4.78 is 0.782. The van der Waals surface area contributed by atoms with Gasteiger partial charge >= 0.3 is 0 Å². The van der Waals surface area contributed by atoms with Gasteiger partial charge in [0.2, 0.25) is 0 Å². The van der Waals surface area contributed by atoms with E-state index in [0.29, 0.717) is 11.1 Å². The average molecular weight is 320 g/mol. The fourth-order valence-electron chi connectivity index (χ4n) is 1.14. The molecule has 0 amide bonds. The number of benzene rings is 1. The Morgan fingerprint density at radius 2 is 2.29 bits per heavy atom. The zero-order valence-electron chi connectivity index (χ0n) is 7.47. The first-order valence-corrected chi connectivity index (χ1v) is 5.51. The van der Waals surface area contributed by atoms with Crippen LogP contribution in [0.15, 0.2) is 12.1 Å². The van der Waals surface area contributed by atoms with Crippen molar-refractivity contribution in [3.05, 3.63) is 32.4 Å². The molecule has 1 aromatic rings.